The van der Waals surface area contributed by atoms with Crippen LogP contribution in [-0.4, -0.2) is 18.2 Å². The minimum Gasteiger partial charge on any atom is -0.453 e. The van der Waals surface area contributed by atoms with Crippen molar-refractivity contribution in [3.63, 3.8) is 0 Å². The number of amides is 1. The largest absolute Gasteiger partial charge is 0.453 e. The Labute approximate surface area is 150 Å². The van der Waals surface area contributed by atoms with Crippen molar-refractivity contribution in [1.29, 1.82) is 0 Å². The zero-order valence-electron chi connectivity index (χ0n) is 14.3. The molecule has 1 amide bonds. The summed E-state index contributed by atoms with van der Waals surface area (Å²) in [4.78, 5) is 15.4. The van der Waals surface area contributed by atoms with Crippen LogP contribution in [0, 0.1) is 5.82 Å². The van der Waals surface area contributed by atoms with Crippen molar-refractivity contribution >= 4 is 17.5 Å². The normalized spacial score (nSPS) is 11.7. The summed E-state index contributed by atoms with van der Waals surface area (Å²) in [5.74, 6) is 0.573. The van der Waals surface area contributed by atoms with Gasteiger partial charge in [0.15, 0.2) is 5.76 Å². The van der Waals surface area contributed by atoms with Crippen LogP contribution in [0.25, 0.3) is 11.3 Å². The Morgan fingerprint density at radius 3 is 2.69 bits per heavy atom. The zero-order chi connectivity index (χ0) is 18.5. The molecule has 1 unspecified atom stereocenters. The molecular weight excluding hydrogens is 337 g/mol. The molecule has 3 aromatic rings. The molecule has 0 spiro atoms. The number of nitrogens with one attached hydrogen (secondary N) is 2. The van der Waals surface area contributed by atoms with Crippen molar-refractivity contribution in [3.05, 3.63) is 66.4 Å². The van der Waals surface area contributed by atoms with Gasteiger partial charge in [0, 0.05) is 11.3 Å². The lowest BCUT2D eigenvalue weighted by molar-refractivity contribution is 0.187. The number of hydrogen-bond acceptors (Lipinski definition) is 5. The van der Waals surface area contributed by atoms with E-state index in [-0.39, 0.29) is 11.7 Å². The minimum absolute atomic E-state index is 0.0394. The van der Waals surface area contributed by atoms with Gasteiger partial charge in [-0.2, -0.15) is 0 Å². The van der Waals surface area contributed by atoms with E-state index in [0.29, 0.717) is 17.3 Å². The third kappa shape index (κ3) is 4.00. The molecular formula is C19H18FN3O3. The average molecular weight is 355 g/mol. The quantitative estimate of drug-likeness (QED) is 0.685. The van der Waals surface area contributed by atoms with Gasteiger partial charge in [-0.1, -0.05) is 30.3 Å². The van der Waals surface area contributed by atoms with E-state index in [4.69, 9.17) is 4.42 Å². The van der Waals surface area contributed by atoms with Crippen LogP contribution in [0.5, 0.6) is 0 Å². The van der Waals surface area contributed by atoms with Crippen LogP contribution < -0.4 is 10.6 Å². The second kappa shape index (κ2) is 7.69. The molecule has 0 saturated carbocycles. The van der Waals surface area contributed by atoms with Crippen molar-refractivity contribution in [2.75, 3.05) is 17.7 Å². The summed E-state index contributed by atoms with van der Waals surface area (Å²) >= 11 is 0. The summed E-state index contributed by atoms with van der Waals surface area (Å²) in [7, 11) is 1.21. The van der Waals surface area contributed by atoms with E-state index in [1.165, 1.54) is 19.2 Å². The fourth-order valence-electron chi connectivity index (χ4n) is 2.40. The summed E-state index contributed by atoms with van der Waals surface area (Å²) in [6.07, 6.45) is 0.929. The number of carbonyl (C=O) groups excluding carboxylic acids is 1. The SMILES string of the molecule is COC(=O)Nc1ccc(NC(C)c2ncc(-c3ccccc3)o2)cc1F. The maximum absolute atomic E-state index is 14.1. The highest BCUT2D eigenvalue weighted by Gasteiger charge is 2.14. The van der Waals surface area contributed by atoms with Crippen molar-refractivity contribution in [1.82, 2.24) is 4.98 Å². The standard InChI is InChI=1S/C19H18FN3O3/c1-12(18-21-11-17(26-18)13-6-4-3-5-7-13)22-14-8-9-16(15(20)10-14)23-19(24)25-2/h3-12,22H,1-2H3,(H,23,24). The highest BCUT2D eigenvalue weighted by Crippen LogP contribution is 2.26. The molecule has 0 radical (unpaired) electrons. The number of anilines is 2. The van der Waals surface area contributed by atoms with Crippen LogP contribution in [-0.2, 0) is 4.74 Å². The van der Waals surface area contributed by atoms with E-state index in [0.717, 1.165) is 5.56 Å². The van der Waals surface area contributed by atoms with Gasteiger partial charge in [0.2, 0.25) is 5.89 Å². The first-order chi connectivity index (χ1) is 12.6. The van der Waals surface area contributed by atoms with Crippen LogP contribution in [0.15, 0.2) is 59.1 Å². The van der Waals surface area contributed by atoms with Crippen molar-refractivity contribution in [3.8, 4) is 11.3 Å². The van der Waals surface area contributed by atoms with E-state index >= 15 is 0 Å². The highest BCUT2D eigenvalue weighted by molar-refractivity contribution is 5.85. The van der Waals surface area contributed by atoms with E-state index in [1.807, 2.05) is 37.3 Å². The van der Waals surface area contributed by atoms with Gasteiger partial charge in [-0.15, -0.1) is 0 Å². The number of ether oxygens (including phenoxy) is 1. The summed E-state index contributed by atoms with van der Waals surface area (Å²) in [5, 5.41) is 5.42. The molecule has 6 nitrogen and oxygen atoms in total. The minimum atomic E-state index is -0.730. The number of methoxy groups -OCH3 is 1. The van der Waals surface area contributed by atoms with Crippen molar-refractivity contribution < 1.29 is 18.3 Å². The number of halogens is 1. The molecule has 7 heteroatoms. The number of aromatic nitrogens is 1. The molecule has 1 heterocycles. The van der Waals surface area contributed by atoms with E-state index in [2.05, 4.69) is 20.4 Å². The maximum Gasteiger partial charge on any atom is 0.411 e. The Hall–Kier alpha value is -3.35. The van der Waals surface area contributed by atoms with Gasteiger partial charge in [-0.3, -0.25) is 5.32 Å². The molecule has 2 aromatic carbocycles. The van der Waals surface area contributed by atoms with Crippen LogP contribution in [0.1, 0.15) is 18.9 Å². The molecule has 1 aromatic heterocycles. The Morgan fingerprint density at radius 1 is 1.23 bits per heavy atom. The monoisotopic (exact) mass is 355 g/mol. The number of benzene rings is 2. The summed E-state index contributed by atoms with van der Waals surface area (Å²) < 4.78 is 24.3. The van der Waals surface area contributed by atoms with Gasteiger partial charge in [0.1, 0.15) is 11.9 Å². The third-order valence-corrected chi connectivity index (χ3v) is 3.73. The molecule has 0 saturated heterocycles. The Bertz CT molecular complexity index is 896. The summed E-state index contributed by atoms with van der Waals surface area (Å²) in [5.41, 5.74) is 1.50. The van der Waals surface area contributed by atoms with Crippen molar-refractivity contribution in [2.45, 2.75) is 13.0 Å². The van der Waals surface area contributed by atoms with Gasteiger partial charge >= 0.3 is 6.09 Å². The maximum atomic E-state index is 14.1. The van der Waals surface area contributed by atoms with E-state index in [1.54, 1.807) is 12.3 Å². The first-order valence-corrected chi connectivity index (χ1v) is 7.99. The van der Waals surface area contributed by atoms with Gasteiger partial charge < -0.3 is 14.5 Å². The lowest BCUT2D eigenvalue weighted by atomic mass is 10.2. The van der Waals surface area contributed by atoms with E-state index in [9.17, 15) is 9.18 Å². The molecule has 0 aliphatic rings. The number of oxazole rings is 1. The van der Waals surface area contributed by atoms with Crippen LogP contribution in [0.4, 0.5) is 20.6 Å². The molecule has 3 rings (SSSR count). The van der Waals surface area contributed by atoms with Gasteiger partial charge in [0.05, 0.1) is 19.0 Å². The number of carbonyl (C=O) groups is 1. The van der Waals surface area contributed by atoms with Crippen LogP contribution in [0.3, 0.4) is 0 Å². The third-order valence-electron chi connectivity index (χ3n) is 3.73. The topological polar surface area (TPSA) is 76.4 Å². The van der Waals surface area contributed by atoms with E-state index < -0.39 is 11.9 Å². The lowest BCUT2D eigenvalue weighted by Gasteiger charge is -2.13. The predicted octanol–water partition coefficient (Wildman–Crippen LogP) is 4.83. The van der Waals surface area contributed by atoms with Crippen molar-refractivity contribution in [2.24, 2.45) is 0 Å². The zero-order valence-corrected chi connectivity index (χ0v) is 14.3. The predicted molar refractivity (Wildman–Crippen MR) is 96.4 cm³/mol. The summed E-state index contributed by atoms with van der Waals surface area (Å²) in [6, 6.07) is 13.7. The van der Waals surface area contributed by atoms with Gasteiger partial charge in [-0.05, 0) is 25.1 Å². The molecule has 0 fully saturated rings. The highest BCUT2D eigenvalue weighted by atomic mass is 19.1. The number of hydrogen-bond donors (Lipinski definition) is 2. The fourth-order valence-corrected chi connectivity index (χ4v) is 2.40. The average Bonchev–Trinajstić information content (AvgIpc) is 3.15. The first-order valence-electron chi connectivity index (χ1n) is 7.99. The second-order valence-electron chi connectivity index (χ2n) is 5.61. The lowest BCUT2D eigenvalue weighted by Crippen LogP contribution is -2.12. The molecule has 26 heavy (non-hydrogen) atoms. The Morgan fingerprint density at radius 2 is 2.00 bits per heavy atom. The summed E-state index contributed by atoms with van der Waals surface area (Å²) in [6.45, 7) is 1.86. The smallest absolute Gasteiger partial charge is 0.411 e. The fraction of sp³-hybridized carbons (Fsp3) is 0.158. The molecule has 1 atom stereocenters. The van der Waals surface area contributed by atoms with Gasteiger partial charge in [0.25, 0.3) is 0 Å². The van der Waals surface area contributed by atoms with Crippen LogP contribution >= 0.6 is 0 Å². The second-order valence-corrected chi connectivity index (χ2v) is 5.61. The molecule has 134 valence electrons. The molecule has 2 N–H and O–H groups in total. The Kier molecular flexibility index (Phi) is 5.17. The van der Waals surface area contributed by atoms with Crippen LogP contribution in [0.2, 0.25) is 0 Å². The number of rotatable bonds is 5. The molecule has 0 bridgehead atoms. The Balaban J connectivity index is 1.70. The molecule has 0 aliphatic heterocycles. The van der Waals surface area contributed by atoms with Gasteiger partial charge in [-0.25, -0.2) is 14.2 Å². The molecule has 0 aliphatic carbocycles. The number of nitrogens with zero attached hydrogens (tertiary/aromatic N) is 1. The first kappa shape index (κ1) is 17.5.